The lowest BCUT2D eigenvalue weighted by molar-refractivity contribution is -0.120. The number of amides is 1. The van der Waals surface area contributed by atoms with Crippen molar-refractivity contribution in [2.24, 2.45) is 10.9 Å². The maximum absolute atomic E-state index is 11.8. The van der Waals surface area contributed by atoms with E-state index in [1.54, 1.807) is 30.3 Å². The normalized spacial score (nSPS) is 12.8. The Hall–Kier alpha value is -3.22. The fourth-order valence-electron chi connectivity index (χ4n) is 1.99. The number of carbonyl (C=O) groups is 1. The van der Waals surface area contributed by atoms with E-state index >= 15 is 0 Å². The van der Waals surface area contributed by atoms with Crippen LogP contribution in [-0.2, 0) is 9.63 Å². The van der Waals surface area contributed by atoms with Gasteiger partial charge in [0.1, 0.15) is 0 Å². The Morgan fingerprint density at radius 3 is 2.78 bits per heavy atom. The number of rotatable bonds is 5. The van der Waals surface area contributed by atoms with Crippen LogP contribution in [0, 0.1) is 0 Å². The first-order valence-corrected chi connectivity index (χ1v) is 6.93. The summed E-state index contributed by atoms with van der Waals surface area (Å²) in [5.74, 6) is 1.10. The summed E-state index contributed by atoms with van der Waals surface area (Å²) in [7, 11) is 0. The monoisotopic (exact) mass is 313 g/mol. The summed E-state index contributed by atoms with van der Waals surface area (Å²) in [5, 5.41) is 6.40. The minimum Gasteiger partial charge on any atom is -0.454 e. The third kappa shape index (κ3) is 3.70. The third-order valence-corrected chi connectivity index (χ3v) is 3.08. The Morgan fingerprint density at radius 2 is 1.96 bits per heavy atom. The quantitative estimate of drug-likeness (QED) is 0.497. The van der Waals surface area contributed by atoms with Gasteiger partial charge in [-0.25, -0.2) is 0 Å². The molecule has 0 unspecified atom stereocenters. The van der Waals surface area contributed by atoms with E-state index in [9.17, 15) is 4.79 Å². The molecule has 0 radical (unpaired) electrons. The van der Waals surface area contributed by atoms with E-state index in [4.69, 9.17) is 20.0 Å². The highest BCUT2D eigenvalue weighted by atomic mass is 16.7. The summed E-state index contributed by atoms with van der Waals surface area (Å²) in [6.45, 7) is -0.0642. The number of nitrogens with zero attached hydrogens (tertiary/aromatic N) is 1. The van der Waals surface area contributed by atoms with Gasteiger partial charge < -0.3 is 25.4 Å². The summed E-state index contributed by atoms with van der Waals surface area (Å²) < 4.78 is 10.4. The van der Waals surface area contributed by atoms with Crippen molar-refractivity contribution in [3.05, 3.63) is 54.1 Å². The maximum atomic E-state index is 11.8. The number of carbonyl (C=O) groups excluding carboxylic acids is 1. The minimum absolute atomic E-state index is 0.184. The maximum Gasteiger partial charge on any atom is 0.265 e. The molecule has 0 aromatic heterocycles. The number of amidine groups is 1. The molecule has 0 aliphatic carbocycles. The zero-order valence-corrected chi connectivity index (χ0v) is 12.2. The first-order chi connectivity index (χ1) is 11.2. The Balaban J connectivity index is 1.52. The third-order valence-electron chi connectivity index (χ3n) is 3.08. The fourth-order valence-corrected chi connectivity index (χ4v) is 1.99. The van der Waals surface area contributed by atoms with E-state index in [1.807, 2.05) is 18.2 Å². The number of benzene rings is 2. The van der Waals surface area contributed by atoms with Gasteiger partial charge in [0.25, 0.3) is 5.91 Å². The molecule has 1 aliphatic rings. The van der Waals surface area contributed by atoms with Crippen LogP contribution in [0.5, 0.6) is 11.5 Å². The summed E-state index contributed by atoms with van der Waals surface area (Å²) in [6.07, 6.45) is 0. The van der Waals surface area contributed by atoms with Crippen LogP contribution in [0.2, 0.25) is 0 Å². The van der Waals surface area contributed by atoms with Crippen molar-refractivity contribution in [3.63, 3.8) is 0 Å². The van der Waals surface area contributed by atoms with E-state index in [0.717, 1.165) is 5.56 Å². The van der Waals surface area contributed by atoms with Gasteiger partial charge in [0.2, 0.25) is 6.79 Å². The van der Waals surface area contributed by atoms with Crippen LogP contribution in [0.3, 0.4) is 0 Å². The second-order valence-corrected chi connectivity index (χ2v) is 4.73. The topological polar surface area (TPSA) is 95.2 Å². The van der Waals surface area contributed by atoms with Crippen molar-refractivity contribution >= 4 is 17.4 Å². The van der Waals surface area contributed by atoms with Gasteiger partial charge in [-0.15, -0.1) is 0 Å². The van der Waals surface area contributed by atoms with Gasteiger partial charge in [0.05, 0.1) is 0 Å². The first-order valence-electron chi connectivity index (χ1n) is 6.93. The van der Waals surface area contributed by atoms with Crippen LogP contribution >= 0.6 is 0 Å². The molecule has 23 heavy (non-hydrogen) atoms. The zero-order chi connectivity index (χ0) is 16.1. The van der Waals surface area contributed by atoms with Gasteiger partial charge in [-0.2, -0.15) is 0 Å². The molecule has 0 fully saturated rings. The molecule has 0 saturated carbocycles. The molecule has 0 atom stereocenters. The lowest BCUT2D eigenvalue weighted by Gasteiger charge is -2.06. The number of anilines is 1. The summed E-state index contributed by atoms with van der Waals surface area (Å²) in [6, 6.07) is 14.3. The number of nitrogens with two attached hydrogens (primary N) is 1. The Labute approximate surface area is 132 Å². The van der Waals surface area contributed by atoms with E-state index in [0.29, 0.717) is 17.2 Å². The molecule has 0 spiro atoms. The molecular formula is C16H15N3O4. The molecule has 1 heterocycles. The molecule has 7 nitrogen and oxygen atoms in total. The average molecular weight is 313 g/mol. The van der Waals surface area contributed by atoms with Gasteiger partial charge in [-0.1, -0.05) is 35.5 Å². The molecule has 0 saturated heterocycles. The Bertz CT molecular complexity index is 731. The number of oxime groups is 1. The molecule has 0 bridgehead atoms. The highest BCUT2D eigenvalue weighted by Gasteiger charge is 2.14. The minimum atomic E-state index is -0.353. The van der Waals surface area contributed by atoms with E-state index in [-0.39, 0.29) is 25.1 Å². The Kier molecular flexibility index (Phi) is 4.28. The van der Waals surface area contributed by atoms with Crippen LogP contribution in [0.4, 0.5) is 5.69 Å². The molecule has 1 aliphatic heterocycles. The number of fused-ring (bicyclic) bond motifs is 1. The lowest BCUT2D eigenvalue weighted by Crippen LogP contribution is -2.19. The van der Waals surface area contributed by atoms with E-state index in [1.165, 1.54) is 0 Å². The number of hydrogen-bond donors (Lipinski definition) is 2. The van der Waals surface area contributed by atoms with Gasteiger partial charge in [-0.05, 0) is 12.1 Å². The van der Waals surface area contributed by atoms with Gasteiger partial charge >= 0.3 is 0 Å². The van der Waals surface area contributed by atoms with Crippen LogP contribution in [0.1, 0.15) is 5.56 Å². The lowest BCUT2D eigenvalue weighted by atomic mass is 10.2. The van der Waals surface area contributed by atoms with Gasteiger partial charge in [-0.3, -0.25) is 4.79 Å². The van der Waals surface area contributed by atoms with E-state index < -0.39 is 0 Å². The molecule has 7 heteroatoms. The SMILES string of the molecule is NC(=NOCC(=O)Nc1ccc2c(c1)OCO2)c1ccccc1. The molecule has 3 rings (SSSR count). The van der Waals surface area contributed by atoms with Crippen molar-refractivity contribution < 1.29 is 19.1 Å². The molecular weight excluding hydrogens is 298 g/mol. The van der Waals surface area contributed by atoms with Gasteiger partial charge in [0, 0.05) is 17.3 Å². The van der Waals surface area contributed by atoms with Crippen LogP contribution in [0.15, 0.2) is 53.7 Å². The van der Waals surface area contributed by atoms with Crippen molar-refractivity contribution in [1.29, 1.82) is 0 Å². The molecule has 2 aromatic rings. The molecule has 2 aromatic carbocycles. The number of nitrogens with one attached hydrogen (secondary N) is 1. The van der Waals surface area contributed by atoms with Crippen LogP contribution in [-0.4, -0.2) is 25.1 Å². The Morgan fingerprint density at radius 1 is 1.17 bits per heavy atom. The van der Waals surface area contributed by atoms with Crippen LogP contribution < -0.4 is 20.5 Å². The molecule has 1 amide bonds. The van der Waals surface area contributed by atoms with Crippen molar-refractivity contribution in [1.82, 2.24) is 0 Å². The van der Waals surface area contributed by atoms with Gasteiger partial charge in [0.15, 0.2) is 23.9 Å². The first kappa shape index (κ1) is 14.7. The number of ether oxygens (including phenoxy) is 2. The van der Waals surface area contributed by atoms with Crippen molar-refractivity contribution in [3.8, 4) is 11.5 Å². The predicted molar refractivity (Wildman–Crippen MR) is 84.3 cm³/mol. The van der Waals surface area contributed by atoms with Crippen LogP contribution in [0.25, 0.3) is 0 Å². The molecule has 118 valence electrons. The molecule has 3 N–H and O–H groups in total. The highest BCUT2D eigenvalue weighted by molar-refractivity contribution is 5.97. The predicted octanol–water partition coefficient (Wildman–Crippen LogP) is 1.69. The zero-order valence-electron chi connectivity index (χ0n) is 12.2. The highest BCUT2D eigenvalue weighted by Crippen LogP contribution is 2.34. The summed E-state index contributed by atoms with van der Waals surface area (Å²) in [4.78, 5) is 16.8. The number of hydrogen-bond acceptors (Lipinski definition) is 5. The summed E-state index contributed by atoms with van der Waals surface area (Å²) >= 11 is 0. The standard InChI is InChI=1S/C16H15N3O4/c17-16(11-4-2-1-3-5-11)19-23-9-15(20)18-12-6-7-13-14(8-12)22-10-21-13/h1-8H,9-10H2,(H2,17,19)(H,18,20). The smallest absolute Gasteiger partial charge is 0.265 e. The van der Waals surface area contributed by atoms with E-state index in [2.05, 4.69) is 10.5 Å². The average Bonchev–Trinajstić information content (AvgIpc) is 3.03. The second kappa shape index (κ2) is 6.69. The van der Waals surface area contributed by atoms with Crippen molar-refractivity contribution in [2.75, 3.05) is 18.7 Å². The fraction of sp³-hybridized carbons (Fsp3) is 0.125. The van der Waals surface area contributed by atoms with Crippen molar-refractivity contribution in [2.45, 2.75) is 0 Å². The largest absolute Gasteiger partial charge is 0.454 e. The summed E-state index contributed by atoms with van der Waals surface area (Å²) in [5.41, 5.74) is 7.07. The second-order valence-electron chi connectivity index (χ2n) is 4.73.